The van der Waals surface area contributed by atoms with Gasteiger partial charge in [-0.25, -0.2) is 0 Å². The van der Waals surface area contributed by atoms with Crippen LogP contribution in [0.1, 0.15) is 26.7 Å². The molecule has 0 heterocycles. The molecule has 0 atom stereocenters. The summed E-state index contributed by atoms with van der Waals surface area (Å²) in [6.07, 6.45) is 0.775. The van der Waals surface area contributed by atoms with E-state index in [9.17, 15) is 9.90 Å². The number of rotatable bonds is 3. The highest BCUT2D eigenvalue weighted by molar-refractivity contribution is 5.85. The van der Waals surface area contributed by atoms with Gasteiger partial charge in [0.05, 0.1) is 0 Å². The standard InChI is InChI=1S/C6H13NO2.ClH/c1-3-6(9,4-2)5(7)8;/h9H,3-4H2,1-2H3,(H2,7,8);1H. The minimum atomic E-state index is -1.28. The van der Waals surface area contributed by atoms with Crippen molar-refractivity contribution in [3.63, 3.8) is 0 Å². The lowest BCUT2D eigenvalue weighted by Gasteiger charge is -2.19. The van der Waals surface area contributed by atoms with Crippen molar-refractivity contribution in [3.8, 4) is 0 Å². The Balaban J connectivity index is 0. The van der Waals surface area contributed by atoms with E-state index in [0.29, 0.717) is 12.8 Å². The summed E-state index contributed by atoms with van der Waals surface area (Å²) in [5.41, 5.74) is 3.63. The summed E-state index contributed by atoms with van der Waals surface area (Å²) in [5, 5.41) is 9.23. The normalized spacial score (nSPS) is 10.3. The van der Waals surface area contributed by atoms with Gasteiger partial charge in [0.2, 0.25) is 5.91 Å². The zero-order chi connectivity index (χ0) is 7.49. The quantitative estimate of drug-likeness (QED) is 0.641. The summed E-state index contributed by atoms with van der Waals surface area (Å²) in [6.45, 7) is 3.46. The number of carbonyl (C=O) groups is 1. The third kappa shape index (κ3) is 2.54. The average Bonchev–Trinajstić information content (AvgIpc) is 1.86. The molecule has 0 saturated heterocycles. The summed E-state index contributed by atoms with van der Waals surface area (Å²) in [5.74, 6) is -0.632. The molecule has 0 aliphatic rings. The number of hydrogen-bond acceptors (Lipinski definition) is 2. The van der Waals surface area contributed by atoms with E-state index in [-0.39, 0.29) is 12.4 Å². The summed E-state index contributed by atoms with van der Waals surface area (Å²) >= 11 is 0. The van der Waals surface area contributed by atoms with Gasteiger partial charge in [0.1, 0.15) is 5.60 Å². The van der Waals surface area contributed by atoms with Gasteiger partial charge in [0, 0.05) is 0 Å². The fourth-order valence-corrected chi connectivity index (χ4v) is 0.598. The van der Waals surface area contributed by atoms with Crippen LogP contribution in [0.3, 0.4) is 0 Å². The number of hydrogen-bond donors (Lipinski definition) is 2. The van der Waals surface area contributed by atoms with Crippen molar-refractivity contribution in [3.05, 3.63) is 0 Å². The van der Waals surface area contributed by atoms with Gasteiger partial charge in [-0.3, -0.25) is 4.79 Å². The maximum Gasteiger partial charge on any atom is 0.249 e. The van der Waals surface area contributed by atoms with Crippen molar-refractivity contribution in [2.45, 2.75) is 32.3 Å². The van der Waals surface area contributed by atoms with Gasteiger partial charge in [-0.05, 0) is 12.8 Å². The molecule has 0 saturated carbocycles. The van der Waals surface area contributed by atoms with Crippen LogP contribution in [-0.4, -0.2) is 16.6 Å². The molecule has 10 heavy (non-hydrogen) atoms. The second-order valence-corrected chi connectivity index (χ2v) is 2.10. The van der Waals surface area contributed by atoms with E-state index < -0.39 is 11.5 Å². The molecule has 0 bridgehead atoms. The second kappa shape index (κ2) is 4.52. The maximum absolute atomic E-state index is 10.5. The number of nitrogens with two attached hydrogens (primary N) is 1. The molecule has 3 N–H and O–H groups in total. The smallest absolute Gasteiger partial charge is 0.249 e. The van der Waals surface area contributed by atoms with Crippen molar-refractivity contribution < 1.29 is 9.90 Å². The number of carbonyl (C=O) groups excluding carboxylic acids is 1. The van der Waals surface area contributed by atoms with Crippen molar-refractivity contribution in [1.29, 1.82) is 0 Å². The fraction of sp³-hybridized carbons (Fsp3) is 0.833. The van der Waals surface area contributed by atoms with E-state index in [0.717, 1.165) is 0 Å². The van der Waals surface area contributed by atoms with E-state index in [1.165, 1.54) is 0 Å². The van der Waals surface area contributed by atoms with Crippen LogP contribution < -0.4 is 5.73 Å². The first-order chi connectivity index (χ1) is 4.06. The molecule has 1 amide bonds. The first-order valence-electron chi connectivity index (χ1n) is 3.09. The second-order valence-electron chi connectivity index (χ2n) is 2.10. The van der Waals surface area contributed by atoms with Crippen LogP contribution in [0.4, 0.5) is 0 Å². The van der Waals surface area contributed by atoms with Crippen LogP contribution in [0.5, 0.6) is 0 Å². The van der Waals surface area contributed by atoms with Crippen molar-refractivity contribution in [1.82, 2.24) is 0 Å². The highest BCUT2D eigenvalue weighted by Crippen LogP contribution is 2.12. The Morgan fingerprint density at radius 3 is 1.80 bits per heavy atom. The van der Waals surface area contributed by atoms with Crippen molar-refractivity contribution >= 4 is 18.3 Å². The molecule has 0 aliphatic heterocycles. The summed E-state index contributed by atoms with van der Waals surface area (Å²) < 4.78 is 0. The molecule has 0 rings (SSSR count). The van der Waals surface area contributed by atoms with Crippen molar-refractivity contribution in [2.24, 2.45) is 5.73 Å². The van der Waals surface area contributed by atoms with Gasteiger partial charge < -0.3 is 10.8 Å². The summed E-state index contributed by atoms with van der Waals surface area (Å²) in [6, 6.07) is 0. The Kier molecular flexibility index (Phi) is 5.61. The van der Waals surface area contributed by atoms with Crippen LogP contribution >= 0.6 is 12.4 Å². The zero-order valence-corrected chi connectivity index (χ0v) is 7.07. The molecule has 0 aromatic rings. The van der Waals surface area contributed by atoms with Crippen LogP contribution in [0, 0.1) is 0 Å². The molecule has 0 spiro atoms. The third-order valence-electron chi connectivity index (χ3n) is 1.63. The predicted octanol–water partition coefficient (Wildman–Crippen LogP) is 0.445. The molecule has 0 radical (unpaired) electrons. The lowest BCUT2D eigenvalue weighted by Crippen LogP contribution is -2.42. The molecule has 0 aromatic heterocycles. The Labute approximate surface area is 67.0 Å². The maximum atomic E-state index is 10.5. The largest absolute Gasteiger partial charge is 0.380 e. The monoisotopic (exact) mass is 167 g/mol. The number of aliphatic hydroxyl groups is 1. The van der Waals surface area contributed by atoms with Crippen LogP contribution in [0.25, 0.3) is 0 Å². The van der Waals surface area contributed by atoms with E-state index >= 15 is 0 Å². The minimum Gasteiger partial charge on any atom is -0.380 e. The van der Waals surface area contributed by atoms with Gasteiger partial charge in [0.25, 0.3) is 0 Å². The SMILES string of the molecule is CCC(O)(CC)C(N)=O.Cl. The van der Waals surface area contributed by atoms with Gasteiger partial charge in [-0.1, -0.05) is 13.8 Å². The van der Waals surface area contributed by atoms with E-state index in [4.69, 9.17) is 5.73 Å². The molecule has 0 unspecified atom stereocenters. The first-order valence-corrected chi connectivity index (χ1v) is 3.09. The number of halogens is 1. The molecule has 62 valence electrons. The Morgan fingerprint density at radius 1 is 1.50 bits per heavy atom. The highest BCUT2D eigenvalue weighted by atomic mass is 35.5. The highest BCUT2D eigenvalue weighted by Gasteiger charge is 2.28. The van der Waals surface area contributed by atoms with Gasteiger partial charge in [-0.2, -0.15) is 0 Å². The summed E-state index contributed by atoms with van der Waals surface area (Å²) in [7, 11) is 0. The van der Waals surface area contributed by atoms with Crippen LogP contribution in [0.15, 0.2) is 0 Å². The molecule has 0 fully saturated rings. The molecule has 0 aliphatic carbocycles. The van der Waals surface area contributed by atoms with Crippen LogP contribution in [-0.2, 0) is 4.79 Å². The third-order valence-corrected chi connectivity index (χ3v) is 1.63. The topological polar surface area (TPSA) is 63.3 Å². The first kappa shape index (κ1) is 12.4. The van der Waals surface area contributed by atoms with E-state index in [1.54, 1.807) is 13.8 Å². The Hall–Kier alpha value is -0.280. The lowest BCUT2D eigenvalue weighted by molar-refractivity contribution is -0.136. The van der Waals surface area contributed by atoms with Gasteiger partial charge in [-0.15, -0.1) is 12.4 Å². The minimum absolute atomic E-state index is 0. The van der Waals surface area contributed by atoms with Crippen LogP contribution in [0.2, 0.25) is 0 Å². The fourth-order valence-electron chi connectivity index (χ4n) is 0.598. The van der Waals surface area contributed by atoms with Crippen molar-refractivity contribution in [2.75, 3.05) is 0 Å². The van der Waals surface area contributed by atoms with Gasteiger partial charge in [0.15, 0.2) is 0 Å². The van der Waals surface area contributed by atoms with E-state index in [2.05, 4.69) is 0 Å². The molecule has 0 aromatic carbocycles. The lowest BCUT2D eigenvalue weighted by atomic mass is 9.97. The van der Waals surface area contributed by atoms with Gasteiger partial charge >= 0.3 is 0 Å². The average molecular weight is 168 g/mol. The molecule has 3 nitrogen and oxygen atoms in total. The predicted molar refractivity (Wildman–Crippen MR) is 42.0 cm³/mol. The number of primary amides is 1. The molecule has 4 heteroatoms. The molecular weight excluding hydrogens is 154 g/mol. The zero-order valence-electron chi connectivity index (χ0n) is 6.26. The Morgan fingerprint density at radius 2 is 1.80 bits per heavy atom. The summed E-state index contributed by atoms with van der Waals surface area (Å²) in [4.78, 5) is 10.5. The number of amides is 1. The molecular formula is C6H14ClNO2. The van der Waals surface area contributed by atoms with E-state index in [1.807, 2.05) is 0 Å². The Bertz CT molecular complexity index is 112.